The lowest BCUT2D eigenvalue weighted by Crippen LogP contribution is -1.95. The molecule has 0 aromatic rings. The van der Waals surface area contributed by atoms with Crippen molar-refractivity contribution in [3.05, 3.63) is 0 Å². The molecule has 0 saturated carbocycles. The first-order chi connectivity index (χ1) is 4.12. The first-order valence-corrected chi connectivity index (χ1v) is 2.97. The summed E-state index contributed by atoms with van der Waals surface area (Å²) in [5, 5.41) is 0. The van der Waals surface area contributed by atoms with Gasteiger partial charge < -0.3 is 4.18 Å². The Morgan fingerprint density at radius 2 is 2.11 bits per heavy atom. The molecule has 0 rings (SSSR count). The van der Waals surface area contributed by atoms with Crippen LogP contribution in [0.1, 0.15) is 0 Å². The van der Waals surface area contributed by atoms with Gasteiger partial charge in [-0.25, -0.2) is 4.79 Å². The van der Waals surface area contributed by atoms with E-state index in [2.05, 4.69) is 15.0 Å². The third kappa shape index (κ3) is 3.29. The summed E-state index contributed by atoms with van der Waals surface area (Å²) in [4.78, 5) is 9.28. The van der Waals surface area contributed by atoms with E-state index in [1.807, 2.05) is 0 Å². The van der Waals surface area contributed by atoms with E-state index in [9.17, 15) is 13.2 Å². The molecule has 0 aromatic carbocycles. The summed E-state index contributed by atoms with van der Waals surface area (Å²) in [6, 6.07) is 0. The number of carbonyl (C=O) groups excluding carboxylic acids is 1. The molecule has 0 heterocycles. The molecule has 0 aliphatic carbocycles. The second-order valence-electron chi connectivity index (χ2n) is 0.811. The summed E-state index contributed by atoms with van der Waals surface area (Å²) in [6.45, 7) is 0. The van der Waals surface area contributed by atoms with Gasteiger partial charge in [0.15, 0.2) is 0 Å². The Morgan fingerprint density at radius 3 is 2.44 bits per heavy atom. The van der Waals surface area contributed by atoms with Crippen molar-refractivity contribution in [3.8, 4) is 12.5 Å². The summed E-state index contributed by atoms with van der Waals surface area (Å²) in [7, 11) is -4.22. The maximum atomic E-state index is 10.0. The van der Waals surface area contributed by atoms with E-state index in [4.69, 9.17) is 0 Å². The van der Waals surface area contributed by atoms with Gasteiger partial charge in [0.1, 0.15) is 6.11 Å². The van der Waals surface area contributed by atoms with Crippen LogP contribution in [0.15, 0.2) is 4.40 Å². The summed E-state index contributed by atoms with van der Waals surface area (Å²) in [5.74, 6) is 0. The highest BCUT2D eigenvalue weighted by atomic mass is 32.2. The van der Waals surface area contributed by atoms with Gasteiger partial charge in [0.2, 0.25) is 0 Å². The van der Waals surface area contributed by atoms with Crippen LogP contribution in [0, 0.1) is 12.5 Å². The first-order valence-electron chi connectivity index (χ1n) is 1.60. The monoisotopic (exact) mass is 147 g/mol. The van der Waals surface area contributed by atoms with Crippen molar-refractivity contribution < 1.29 is 17.4 Å². The lowest BCUT2D eigenvalue weighted by atomic mass is 11.3. The minimum atomic E-state index is -4.22. The molecule has 0 spiro atoms. The van der Waals surface area contributed by atoms with Crippen LogP contribution in [0.5, 0.6) is 0 Å². The SMILES string of the molecule is C#COS(=O)(=O)N=C=O. The van der Waals surface area contributed by atoms with Crippen molar-refractivity contribution >= 4 is 16.4 Å². The molecule has 9 heavy (non-hydrogen) atoms. The Hall–Kier alpha value is -1.31. The highest BCUT2D eigenvalue weighted by molar-refractivity contribution is 7.85. The molecule has 0 N–H and O–H groups in total. The third-order valence-corrected chi connectivity index (χ3v) is 0.907. The van der Waals surface area contributed by atoms with Gasteiger partial charge in [-0.05, 0) is 4.40 Å². The molecule has 6 heteroatoms. The molecule has 0 amide bonds. The summed E-state index contributed by atoms with van der Waals surface area (Å²) in [5.41, 5.74) is 0. The van der Waals surface area contributed by atoms with E-state index < -0.39 is 10.3 Å². The lowest BCUT2D eigenvalue weighted by molar-refractivity contribution is 0.467. The molecule has 5 nitrogen and oxygen atoms in total. The van der Waals surface area contributed by atoms with Crippen LogP contribution in [0.25, 0.3) is 0 Å². The standard InChI is InChI=1S/C3HNO4S/c1-2-8-9(6,7)4-3-5/h1H. The Labute approximate surface area is 51.6 Å². The highest BCUT2D eigenvalue weighted by Gasteiger charge is 2.04. The predicted octanol–water partition coefficient (Wildman–Crippen LogP) is -0.826. The van der Waals surface area contributed by atoms with Crippen molar-refractivity contribution in [1.29, 1.82) is 0 Å². The topological polar surface area (TPSA) is 72.8 Å². The minimum Gasteiger partial charge on any atom is -0.310 e. The van der Waals surface area contributed by atoms with Gasteiger partial charge in [-0.15, -0.1) is 0 Å². The molecule has 48 valence electrons. The molecule has 0 bridgehead atoms. The van der Waals surface area contributed by atoms with Crippen molar-refractivity contribution in [2.45, 2.75) is 0 Å². The smallest absolute Gasteiger partial charge is 0.310 e. The first kappa shape index (κ1) is 7.69. The number of nitrogens with zero attached hydrogens (tertiary/aromatic N) is 1. The molecule has 0 radical (unpaired) electrons. The van der Waals surface area contributed by atoms with E-state index in [1.165, 1.54) is 6.11 Å². The zero-order chi connectivity index (χ0) is 7.33. The molecule has 0 saturated heterocycles. The Balaban J connectivity index is 4.46. The van der Waals surface area contributed by atoms with Gasteiger partial charge in [-0.2, -0.15) is 8.42 Å². The van der Waals surface area contributed by atoms with Gasteiger partial charge in [0.25, 0.3) is 6.08 Å². The Kier molecular flexibility index (Phi) is 2.45. The van der Waals surface area contributed by atoms with Gasteiger partial charge >= 0.3 is 10.3 Å². The average molecular weight is 147 g/mol. The van der Waals surface area contributed by atoms with Gasteiger partial charge in [-0.3, -0.25) is 0 Å². The fourth-order valence-electron chi connectivity index (χ4n) is 0.125. The lowest BCUT2D eigenvalue weighted by Gasteiger charge is -1.84. The molecule has 0 aliphatic rings. The van der Waals surface area contributed by atoms with Crippen LogP contribution in [-0.4, -0.2) is 14.5 Å². The highest BCUT2D eigenvalue weighted by Crippen LogP contribution is 1.88. The normalized spacial score (nSPS) is 8.78. The fourth-order valence-corrected chi connectivity index (χ4v) is 0.375. The predicted molar refractivity (Wildman–Crippen MR) is 27.0 cm³/mol. The molecular formula is C3HNO4S. The van der Waals surface area contributed by atoms with Crippen molar-refractivity contribution in [1.82, 2.24) is 0 Å². The number of hydrogen-bond donors (Lipinski definition) is 0. The Morgan fingerprint density at radius 1 is 1.56 bits per heavy atom. The van der Waals surface area contributed by atoms with Crippen LogP contribution in [0.3, 0.4) is 0 Å². The van der Waals surface area contributed by atoms with Crippen molar-refractivity contribution in [3.63, 3.8) is 0 Å². The molecule has 0 unspecified atom stereocenters. The maximum absolute atomic E-state index is 10.0. The number of rotatable bonds is 2. The molecule has 0 fully saturated rings. The second-order valence-corrected chi connectivity index (χ2v) is 2.02. The van der Waals surface area contributed by atoms with Crippen molar-refractivity contribution in [2.75, 3.05) is 0 Å². The summed E-state index contributed by atoms with van der Waals surface area (Å²) < 4.78 is 25.9. The number of terminal acetylenes is 1. The van der Waals surface area contributed by atoms with Gasteiger partial charge in [0.05, 0.1) is 0 Å². The zero-order valence-corrected chi connectivity index (χ0v) is 4.88. The van der Waals surface area contributed by atoms with Crippen LogP contribution >= 0.6 is 0 Å². The molecule has 0 atom stereocenters. The largest absolute Gasteiger partial charge is 0.447 e. The van der Waals surface area contributed by atoms with Crippen LogP contribution in [0.2, 0.25) is 0 Å². The van der Waals surface area contributed by atoms with Crippen molar-refractivity contribution in [2.24, 2.45) is 4.40 Å². The fraction of sp³-hybridized carbons (Fsp3) is 0. The minimum absolute atomic E-state index is 0.759. The Bertz CT molecular complexity index is 265. The number of hydrogen-bond acceptors (Lipinski definition) is 4. The van der Waals surface area contributed by atoms with E-state index in [1.54, 1.807) is 0 Å². The van der Waals surface area contributed by atoms with Crippen LogP contribution in [0.4, 0.5) is 0 Å². The van der Waals surface area contributed by atoms with Crippen LogP contribution < -0.4 is 0 Å². The third-order valence-electron chi connectivity index (χ3n) is 0.302. The zero-order valence-electron chi connectivity index (χ0n) is 4.07. The second kappa shape index (κ2) is 2.87. The van der Waals surface area contributed by atoms with E-state index in [0.29, 0.717) is 0 Å². The molecule has 0 aliphatic heterocycles. The van der Waals surface area contributed by atoms with E-state index in [-0.39, 0.29) is 0 Å². The quantitative estimate of drug-likeness (QED) is 0.290. The molecule has 0 aromatic heterocycles. The van der Waals surface area contributed by atoms with E-state index in [0.717, 1.165) is 6.08 Å². The average Bonchev–Trinajstić information content (AvgIpc) is 1.64. The molecular weight excluding hydrogens is 146 g/mol. The number of isocyanates is 1. The van der Waals surface area contributed by atoms with Crippen LogP contribution in [-0.2, 0) is 19.3 Å². The maximum Gasteiger partial charge on any atom is 0.447 e. The van der Waals surface area contributed by atoms with Gasteiger partial charge in [-0.1, -0.05) is 6.42 Å². The summed E-state index contributed by atoms with van der Waals surface area (Å²) in [6.07, 6.45) is 6.50. The van der Waals surface area contributed by atoms with Gasteiger partial charge in [0, 0.05) is 0 Å². The summed E-state index contributed by atoms with van der Waals surface area (Å²) >= 11 is 0. The van der Waals surface area contributed by atoms with E-state index >= 15 is 0 Å².